The molecule has 3 rings (SSSR count). The molecule has 0 unspecified atom stereocenters. The average Bonchev–Trinajstić information content (AvgIpc) is 2.79. The maximum atomic E-state index is 11.5. The van der Waals surface area contributed by atoms with Crippen LogP contribution in [0.1, 0.15) is 0 Å². The molecular formula is C13H10N2O3S. The molecule has 0 amide bonds. The molecule has 1 N–H and O–H groups in total. The fourth-order valence-corrected chi connectivity index (χ4v) is 2.67. The monoisotopic (exact) mass is 274 g/mol. The normalized spacial score (nSPS) is 11.8. The summed E-state index contributed by atoms with van der Waals surface area (Å²) in [6, 6.07) is 16.0. The zero-order valence-electron chi connectivity index (χ0n) is 9.76. The SMILES string of the molecule is O=S(=O)(O)n1nc2ccccc2c1-c1ccccc1. The van der Waals surface area contributed by atoms with Crippen molar-refractivity contribution < 1.29 is 13.0 Å². The van der Waals surface area contributed by atoms with Crippen LogP contribution in [0.5, 0.6) is 0 Å². The Hall–Kier alpha value is -2.18. The first kappa shape index (κ1) is 11.9. The number of hydrogen-bond acceptors (Lipinski definition) is 3. The summed E-state index contributed by atoms with van der Waals surface area (Å²) in [7, 11) is -4.44. The molecule has 0 aliphatic heterocycles. The van der Waals surface area contributed by atoms with E-state index in [9.17, 15) is 13.0 Å². The van der Waals surface area contributed by atoms with E-state index in [1.54, 1.807) is 48.5 Å². The van der Waals surface area contributed by atoms with Crippen LogP contribution in [0, 0.1) is 0 Å². The molecule has 2 aromatic carbocycles. The van der Waals surface area contributed by atoms with Gasteiger partial charge in [-0.15, -0.1) is 4.09 Å². The Morgan fingerprint density at radius 1 is 0.947 bits per heavy atom. The number of aromatic nitrogens is 2. The highest BCUT2D eigenvalue weighted by atomic mass is 32.2. The van der Waals surface area contributed by atoms with Gasteiger partial charge < -0.3 is 0 Å². The maximum absolute atomic E-state index is 11.5. The van der Waals surface area contributed by atoms with Gasteiger partial charge in [0.1, 0.15) is 0 Å². The van der Waals surface area contributed by atoms with Gasteiger partial charge in [0.2, 0.25) is 0 Å². The van der Waals surface area contributed by atoms with Gasteiger partial charge in [-0.25, -0.2) is 0 Å². The van der Waals surface area contributed by atoms with Crippen LogP contribution in [0.2, 0.25) is 0 Å². The average molecular weight is 274 g/mol. The van der Waals surface area contributed by atoms with Crippen LogP contribution in [0.3, 0.4) is 0 Å². The summed E-state index contributed by atoms with van der Waals surface area (Å²) in [4.78, 5) is 0. The predicted octanol–water partition coefficient (Wildman–Crippen LogP) is 2.35. The first-order valence-corrected chi connectivity index (χ1v) is 6.98. The highest BCUT2D eigenvalue weighted by molar-refractivity contribution is 7.84. The van der Waals surface area contributed by atoms with Crippen LogP contribution in [0.4, 0.5) is 0 Å². The van der Waals surface area contributed by atoms with E-state index in [1.165, 1.54) is 0 Å². The molecule has 0 aliphatic rings. The van der Waals surface area contributed by atoms with Crippen molar-refractivity contribution in [3.8, 4) is 11.3 Å². The summed E-state index contributed by atoms with van der Waals surface area (Å²) in [6.07, 6.45) is 0. The standard InChI is InChI=1S/C13H10N2O3S/c16-19(17,18)15-13(10-6-2-1-3-7-10)11-8-4-5-9-12(11)14-15/h1-9H,(H,16,17,18). The third kappa shape index (κ3) is 2.00. The number of benzene rings is 2. The minimum Gasteiger partial charge on any atom is -0.268 e. The zero-order valence-corrected chi connectivity index (χ0v) is 10.6. The summed E-state index contributed by atoms with van der Waals surface area (Å²) in [5.41, 5.74) is 1.55. The van der Waals surface area contributed by atoms with Crippen LogP contribution in [-0.2, 0) is 10.3 Å². The lowest BCUT2D eigenvalue weighted by molar-refractivity contribution is 0.467. The van der Waals surface area contributed by atoms with E-state index >= 15 is 0 Å². The summed E-state index contributed by atoms with van der Waals surface area (Å²) < 4.78 is 32.9. The maximum Gasteiger partial charge on any atom is 0.379 e. The molecule has 96 valence electrons. The molecule has 0 atom stereocenters. The molecule has 1 heterocycles. The molecule has 0 saturated carbocycles. The fourth-order valence-electron chi connectivity index (χ4n) is 2.04. The topological polar surface area (TPSA) is 72.2 Å². The molecule has 0 radical (unpaired) electrons. The first-order valence-electron chi connectivity index (χ1n) is 5.58. The molecule has 0 spiro atoms. The van der Waals surface area contributed by atoms with Gasteiger partial charge in [-0.3, -0.25) is 4.55 Å². The lowest BCUT2D eigenvalue weighted by Gasteiger charge is -2.04. The van der Waals surface area contributed by atoms with Crippen molar-refractivity contribution in [2.24, 2.45) is 0 Å². The highest BCUT2D eigenvalue weighted by Gasteiger charge is 2.20. The van der Waals surface area contributed by atoms with Gasteiger partial charge in [-0.05, 0) is 6.07 Å². The molecule has 0 aliphatic carbocycles. The molecule has 0 saturated heterocycles. The smallest absolute Gasteiger partial charge is 0.268 e. The van der Waals surface area contributed by atoms with E-state index < -0.39 is 10.3 Å². The van der Waals surface area contributed by atoms with Crippen molar-refractivity contribution in [2.45, 2.75) is 0 Å². The third-order valence-corrected chi connectivity index (χ3v) is 3.52. The van der Waals surface area contributed by atoms with Crippen molar-refractivity contribution in [2.75, 3.05) is 0 Å². The second-order valence-electron chi connectivity index (χ2n) is 4.05. The van der Waals surface area contributed by atoms with Gasteiger partial charge in [0.25, 0.3) is 0 Å². The largest absolute Gasteiger partial charge is 0.379 e. The Morgan fingerprint density at radius 2 is 1.58 bits per heavy atom. The van der Waals surface area contributed by atoms with Crippen molar-refractivity contribution in [3.05, 3.63) is 54.6 Å². The molecule has 6 heteroatoms. The third-order valence-electron chi connectivity index (χ3n) is 2.81. The molecule has 1 aromatic heterocycles. The molecule has 0 bridgehead atoms. The number of rotatable bonds is 2. The second kappa shape index (κ2) is 4.18. The van der Waals surface area contributed by atoms with Crippen molar-refractivity contribution >= 4 is 21.2 Å². The van der Waals surface area contributed by atoms with Crippen LogP contribution >= 0.6 is 0 Å². The molecule has 0 fully saturated rings. The summed E-state index contributed by atoms with van der Waals surface area (Å²) in [6.45, 7) is 0. The quantitative estimate of drug-likeness (QED) is 0.728. The lowest BCUT2D eigenvalue weighted by Crippen LogP contribution is -2.13. The second-order valence-corrected chi connectivity index (χ2v) is 5.29. The van der Waals surface area contributed by atoms with E-state index in [2.05, 4.69) is 5.10 Å². The van der Waals surface area contributed by atoms with Crippen molar-refractivity contribution in [1.29, 1.82) is 0 Å². The van der Waals surface area contributed by atoms with E-state index in [1.807, 2.05) is 6.07 Å². The Morgan fingerprint density at radius 3 is 2.26 bits per heavy atom. The van der Waals surface area contributed by atoms with Gasteiger partial charge in [0.15, 0.2) is 0 Å². The van der Waals surface area contributed by atoms with Gasteiger partial charge in [-0.2, -0.15) is 13.5 Å². The van der Waals surface area contributed by atoms with Gasteiger partial charge in [-0.1, -0.05) is 48.5 Å². The Kier molecular flexibility index (Phi) is 2.62. The van der Waals surface area contributed by atoms with Crippen LogP contribution in [0.15, 0.2) is 54.6 Å². The Labute approximate surface area is 110 Å². The number of hydrogen-bond donors (Lipinski definition) is 1. The van der Waals surface area contributed by atoms with Gasteiger partial charge in [0, 0.05) is 10.9 Å². The van der Waals surface area contributed by atoms with E-state index in [-0.39, 0.29) is 0 Å². The minimum atomic E-state index is -4.44. The lowest BCUT2D eigenvalue weighted by atomic mass is 10.1. The van der Waals surface area contributed by atoms with E-state index in [0.29, 0.717) is 26.2 Å². The number of nitrogens with zero attached hydrogens (tertiary/aromatic N) is 2. The van der Waals surface area contributed by atoms with Crippen LogP contribution in [0.25, 0.3) is 22.2 Å². The minimum absolute atomic E-state index is 0.360. The summed E-state index contributed by atoms with van der Waals surface area (Å²) in [5, 5.41) is 4.61. The summed E-state index contributed by atoms with van der Waals surface area (Å²) >= 11 is 0. The first-order chi connectivity index (χ1) is 9.07. The fraction of sp³-hybridized carbons (Fsp3) is 0. The Balaban J connectivity index is 2.45. The van der Waals surface area contributed by atoms with Gasteiger partial charge >= 0.3 is 10.3 Å². The summed E-state index contributed by atoms with van der Waals surface area (Å²) in [5.74, 6) is 0. The zero-order chi connectivity index (χ0) is 13.5. The molecule has 5 nitrogen and oxygen atoms in total. The molecule has 19 heavy (non-hydrogen) atoms. The van der Waals surface area contributed by atoms with Crippen molar-refractivity contribution in [1.82, 2.24) is 9.19 Å². The van der Waals surface area contributed by atoms with Crippen molar-refractivity contribution in [3.63, 3.8) is 0 Å². The van der Waals surface area contributed by atoms with E-state index in [0.717, 1.165) is 0 Å². The predicted molar refractivity (Wildman–Crippen MR) is 72.1 cm³/mol. The van der Waals surface area contributed by atoms with Crippen LogP contribution in [-0.4, -0.2) is 22.2 Å². The Bertz CT molecular complexity index is 839. The number of fused-ring (bicyclic) bond motifs is 1. The van der Waals surface area contributed by atoms with Crippen LogP contribution < -0.4 is 0 Å². The highest BCUT2D eigenvalue weighted by Crippen LogP contribution is 2.29. The molecule has 3 aromatic rings. The van der Waals surface area contributed by atoms with E-state index in [4.69, 9.17) is 0 Å². The van der Waals surface area contributed by atoms with Gasteiger partial charge in [0.05, 0.1) is 11.2 Å². The molecular weight excluding hydrogens is 264 g/mol.